The van der Waals surface area contributed by atoms with Crippen molar-refractivity contribution in [2.45, 2.75) is 0 Å². The molecule has 0 radical (unpaired) electrons. The molecule has 1 aromatic rings. The number of nitrogens with one attached hydrogen (secondary N) is 1. The summed E-state index contributed by atoms with van der Waals surface area (Å²) in [4.78, 5) is 11.3. The Labute approximate surface area is 105 Å². The molecule has 1 amide bonds. The van der Waals surface area contributed by atoms with E-state index < -0.39 is 0 Å². The summed E-state index contributed by atoms with van der Waals surface area (Å²) in [6.45, 7) is 3.93. The van der Waals surface area contributed by atoms with Crippen LogP contribution in [-0.4, -0.2) is 12.5 Å². The van der Waals surface area contributed by atoms with E-state index in [2.05, 4.69) is 11.9 Å². The lowest BCUT2D eigenvalue weighted by molar-refractivity contribution is -0.116. The van der Waals surface area contributed by atoms with Crippen LogP contribution in [0.15, 0.2) is 36.9 Å². The second kappa shape index (κ2) is 6.36. The van der Waals surface area contributed by atoms with Gasteiger partial charge in [0.05, 0.1) is 0 Å². The Kier molecular flexibility index (Phi) is 5.09. The van der Waals surface area contributed by atoms with Crippen molar-refractivity contribution >= 4 is 35.2 Å². The summed E-state index contributed by atoms with van der Waals surface area (Å²) in [7, 11) is 0. The van der Waals surface area contributed by atoms with Gasteiger partial charge >= 0.3 is 0 Å². The molecular weight excluding hydrogens is 245 g/mol. The highest BCUT2D eigenvalue weighted by molar-refractivity contribution is 6.37. The molecule has 84 valence electrons. The predicted molar refractivity (Wildman–Crippen MR) is 68.7 cm³/mol. The van der Waals surface area contributed by atoms with Crippen molar-refractivity contribution in [3.8, 4) is 0 Å². The van der Waals surface area contributed by atoms with Crippen molar-refractivity contribution in [1.29, 1.82) is 0 Å². The van der Waals surface area contributed by atoms with Crippen molar-refractivity contribution in [2.24, 2.45) is 0 Å². The minimum Gasteiger partial charge on any atom is -0.349 e. The van der Waals surface area contributed by atoms with E-state index >= 15 is 0 Å². The average molecular weight is 256 g/mol. The van der Waals surface area contributed by atoms with Crippen molar-refractivity contribution in [2.75, 3.05) is 6.54 Å². The second-order valence-corrected chi connectivity index (χ2v) is 3.82. The lowest BCUT2D eigenvalue weighted by atomic mass is 10.2. The number of carbonyl (C=O) groups is 1. The summed E-state index contributed by atoms with van der Waals surface area (Å²) in [6.07, 6.45) is 4.58. The van der Waals surface area contributed by atoms with Crippen LogP contribution in [0, 0.1) is 0 Å². The Hall–Kier alpha value is -1.25. The second-order valence-electron chi connectivity index (χ2n) is 3.00. The van der Waals surface area contributed by atoms with E-state index in [0.717, 1.165) is 0 Å². The monoisotopic (exact) mass is 255 g/mol. The van der Waals surface area contributed by atoms with Gasteiger partial charge in [-0.3, -0.25) is 4.79 Å². The minimum absolute atomic E-state index is 0.212. The van der Waals surface area contributed by atoms with Crippen LogP contribution in [0.2, 0.25) is 10.0 Å². The maximum atomic E-state index is 11.3. The molecule has 0 aromatic heterocycles. The number of carbonyl (C=O) groups excluding carboxylic acids is 1. The molecule has 0 spiro atoms. The third-order valence-electron chi connectivity index (χ3n) is 1.82. The van der Waals surface area contributed by atoms with Gasteiger partial charge in [-0.05, 0) is 18.2 Å². The van der Waals surface area contributed by atoms with Gasteiger partial charge in [0.15, 0.2) is 0 Å². The Balaban J connectivity index is 2.76. The highest BCUT2D eigenvalue weighted by Gasteiger charge is 2.01. The van der Waals surface area contributed by atoms with Crippen molar-refractivity contribution in [3.05, 3.63) is 52.5 Å². The third kappa shape index (κ3) is 3.72. The van der Waals surface area contributed by atoms with Crippen LogP contribution >= 0.6 is 23.2 Å². The smallest absolute Gasteiger partial charge is 0.244 e. The summed E-state index contributed by atoms with van der Waals surface area (Å²) in [5.74, 6) is -0.212. The highest BCUT2D eigenvalue weighted by atomic mass is 35.5. The van der Waals surface area contributed by atoms with Crippen LogP contribution in [-0.2, 0) is 4.79 Å². The standard InChI is InChI=1S/C12H11Cl2NO/c1-2-8-15-12(16)7-6-9-10(13)4-3-5-11(9)14/h2-7H,1,8H2,(H,15,16). The zero-order valence-electron chi connectivity index (χ0n) is 8.54. The van der Waals surface area contributed by atoms with E-state index in [1.165, 1.54) is 6.08 Å². The Bertz CT molecular complexity index is 407. The predicted octanol–water partition coefficient (Wildman–Crippen LogP) is 3.31. The van der Waals surface area contributed by atoms with Gasteiger partial charge in [0.25, 0.3) is 0 Å². The van der Waals surface area contributed by atoms with Crippen molar-refractivity contribution < 1.29 is 4.79 Å². The van der Waals surface area contributed by atoms with Crippen LogP contribution < -0.4 is 5.32 Å². The molecule has 1 rings (SSSR count). The summed E-state index contributed by atoms with van der Waals surface area (Å²) in [6, 6.07) is 5.18. The van der Waals surface area contributed by atoms with Gasteiger partial charge in [0, 0.05) is 28.2 Å². The lowest BCUT2D eigenvalue weighted by Gasteiger charge is -2.00. The minimum atomic E-state index is -0.212. The molecule has 0 saturated carbocycles. The molecule has 0 aliphatic heterocycles. The van der Waals surface area contributed by atoms with Gasteiger partial charge in [0.2, 0.25) is 5.91 Å². The molecule has 0 unspecified atom stereocenters. The molecule has 4 heteroatoms. The summed E-state index contributed by atoms with van der Waals surface area (Å²) in [5.41, 5.74) is 0.639. The summed E-state index contributed by atoms with van der Waals surface area (Å²) in [5, 5.41) is 3.64. The zero-order valence-corrected chi connectivity index (χ0v) is 10.1. The number of hydrogen-bond donors (Lipinski definition) is 1. The molecule has 1 aromatic carbocycles. The lowest BCUT2D eigenvalue weighted by Crippen LogP contribution is -2.20. The van der Waals surface area contributed by atoms with Gasteiger partial charge in [-0.25, -0.2) is 0 Å². The maximum absolute atomic E-state index is 11.3. The van der Waals surface area contributed by atoms with Gasteiger partial charge in [-0.15, -0.1) is 6.58 Å². The molecule has 0 aliphatic carbocycles. The number of benzene rings is 1. The number of rotatable bonds is 4. The largest absolute Gasteiger partial charge is 0.349 e. The summed E-state index contributed by atoms with van der Waals surface area (Å²) < 4.78 is 0. The first-order chi connectivity index (χ1) is 7.65. The topological polar surface area (TPSA) is 29.1 Å². The van der Waals surface area contributed by atoms with E-state index in [4.69, 9.17) is 23.2 Å². The molecule has 2 nitrogen and oxygen atoms in total. The first kappa shape index (κ1) is 12.8. The Morgan fingerprint density at radius 2 is 2.00 bits per heavy atom. The molecule has 0 fully saturated rings. The fraction of sp³-hybridized carbons (Fsp3) is 0.0833. The summed E-state index contributed by atoms with van der Waals surface area (Å²) >= 11 is 11.9. The van der Waals surface area contributed by atoms with E-state index in [9.17, 15) is 4.79 Å². The van der Waals surface area contributed by atoms with E-state index in [0.29, 0.717) is 22.2 Å². The molecular formula is C12H11Cl2NO. The van der Waals surface area contributed by atoms with Gasteiger partial charge in [0.1, 0.15) is 0 Å². The average Bonchev–Trinajstić information content (AvgIpc) is 2.25. The molecule has 0 heterocycles. The molecule has 0 saturated heterocycles. The van der Waals surface area contributed by atoms with E-state index in [-0.39, 0.29) is 5.91 Å². The number of hydrogen-bond acceptors (Lipinski definition) is 1. The van der Waals surface area contributed by atoms with Crippen LogP contribution in [0.5, 0.6) is 0 Å². The van der Waals surface area contributed by atoms with Crippen LogP contribution in [0.25, 0.3) is 6.08 Å². The normalized spacial score (nSPS) is 10.4. The number of amides is 1. The number of halogens is 2. The fourth-order valence-corrected chi connectivity index (χ4v) is 1.58. The van der Waals surface area contributed by atoms with Crippen molar-refractivity contribution in [1.82, 2.24) is 5.32 Å². The Morgan fingerprint density at radius 3 is 2.56 bits per heavy atom. The fourth-order valence-electron chi connectivity index (χ4n) is 1.06. The van der Waals surface area contributed by atoms with Gasteiger partial charge in [-0.2, -0.15) is 0 Å². The van der Waals surface area contributed by atoms with Gasteiger partial charge < -0.3 is 5.32 Å². The third-order valence-corrected chi connectivity index (χ3v) is 2.48. The molecule has 0 aliphatic rings. The first-order valence-electron chi connectivity index (χ1n) is 4.66. The highest BCUT2D eigenvalue weighted by Crippen LogP contribution is 2.25. The molecule has 0 atom stereocenters. The molecule has 0 bridgehead atoms. The quantitative estimate of drug-likeness (QED) is 0.649. The Morgan fingerprint density at radius 1 is 1.38 bits per heavy atom. The van der Waals surface area contributed by atoms with E-state index in [1.807, 2.05) is 0 Å². The van der Waals surface area contributed by atoms with Crippen molar-refractivity contribution in [3.63, 3.8) is 0 Å². The van der Waals surface area contributed by atoms with Gasteiger partial charge in [-0.1, -0.05) is 35.3 Å². The van der Waals surface area contributed by atoms with Crippen LogP contribution in [0.4, 0.5) is 0 Å². The molecule has 1 N–H and O–H groups in total. The first-order valence-corrected chi connectivity index (χ1v) is 5.41. The zero-order chi connectivity index (χ0) is 12.0. The maximum Gasteiger partial charge on any atom is 0.244 e. The molecule has 16 heavy (non-hydrogen) atoms. The van der Waals surface area contributed by atoms with E-state index in [1.54, 1.807) is 30.4 Å². The SMILES string of the molecule is C=CCNC(=O)C=Cc1c(Cl)cccc1Cl. The van der Waals surface area contributed by atoms with Crippen LogP contribution in [0.3, 0.4) is 0 Å². The van der Waals surface area contributed by atoms with Crippen LogP contribution in [0.1, 0.15) is 5.56 Å².